The van der Waals surface area contributed by atoms with Crippen LogP contribution in [0.5, 0.6) is 0 Å². The van der Waals surface area contributed by atoms with Crippen LogP contribution in [0.1, 0.15) is 54.8 Å². The van der Waals surface area contributed by atoms with Crippen molar-refractivity contribution in [3.05, 3.63) is 52.6 Å². The number of aryl methyl sites for hydroxylation is 1. The summed E-state index contributed by atoms with van der Waals surface area (Å²) in [5, 5.41) is 11.8. The molecule has 0 aliphatic rings. The standard InChI is InChI=1S/C18H20ClN5O2/c1-10(2)24-9-15(11(3)22-24)17(25)20-12(4)18-21-16(23-26-18)13-5-7-14(19)8-6-13/h5-10,12H,1-4H3,(H,20,25)/t12-/m0/s1. The summed E-state index contributed by atoms with van der Waals surface area (Å²) in [7, 11) is 0. The second-order valence-corrected chi connectivity index (χ2v) is 6.80. The first kappa shape index (κ1) is 18.1. The van der Waals surface area contributed by atoms with Crippen LogP contribution < -0.4 is 5.32 Å². The van der Waals surface area contributed by atoms with E-state index in [9.17, 15) is 4.79 Å². The van der Waals surface area contributed by atoms with Crippen molar-refractivity contribution >= 4 is 17.5 Å². The number of rotatable bonds is 5. The predicted octanol–water partition coefficient (Wildman–Crippen LogP) is 3.97. The first-order chi connectivity index (χ1) is 12.3. The molecule has 2 heterocycles. The molecule has 7 nitrogen and oxygen atoms in total. The zero-order valence-corrected chi connectivity index (χ0v) is 15.8. The summed E-state index contributed by atoms with van der Waals surface area (Å²) in [4.78, 5) is 16.9. The van der Waals surface area contributed by atoms with E-state index in [1.807, 2.05) is 32.9 Å². The van der Waals surface area contributed by atoms with Crippen LogP contribution in [0.15, 0.2) is 35.0 Å². The highest BCUT2D eigenvalue weighted by Gasteiger charge is 2.21. The third-order valence-corrected chi connectivity index (χ3v) is 4.20. The Labute approximate surface area is 156 Å². The highest BCUT2D eigenvalue weighted by Crippen LogP contribution is 2.21. The van der Waals surface area contributed by atoms with Gasteiger partial charge < -0.3 is 9.84 Å². The molecule has 3 rings (SSSR count). The van der Waals surface area contributed by atoms with Crippen molar-refractivity contribution in [2.75, 3.05) is 0 Å². The number of halogens is 1. The maximum atomic E-state index is 12.5. The molecule has 0 bridgehead atoms. The van der Waals surface area contributed by atoms with Crippen LogP contribution in [0, 0.1) is 6.92 Å². The average molecular weight is 374 g/mol. The number of amides is 1. The quantitative estimate of drug-likeness (QED) is 0.731. The van der Waals surface area contributed by atoms with Crippen molar-refractivity contribution in [2.24, 2.45) is 0 Å². The monoisotopic (exact) mass is 373 g/mol. The van der Waals surface area contributed by atoms with Crippen molar-refractivity contribution < 1.29 is 9.32 Å². The molecule has 3 aromatic rings. The third-order valence-electron chi connectivity index (χ3n) is 3.95. The fourth-order valence-electron chi connectivity index (χ4n) is 2.43. The Balaban J connectivity index is 1.73. The lowest BCUT2D eigenvalue weighted by atomic mass is 10.2. The van der Waals surface area contributed by atoms with Gasteiger partial charge in [0.1, 0.15) is 6.04 Å². The third kappa shape index (κ3) is 3.77. The van der Waals surface area contributed by atoms with Gasteiger partial charge in [-0.2, -0.15) is 10.1 Å². The number of nitrogens with zero attached hydrogens (tertiary/aromatic N) is 4. The zero-order valence-electron chi connectivity index (χ0n) is 15.0. The average Bonchev–Trinajstić information content (AvgIpc) is 3.22. The summed E-state index contributed by atoms with van der Waals surface area (Å²) >= 11 is 5.89. The number of nitrogens with one attached hydrogen (secondary N) is 1. The predicted molar refractivity (Wildman–Crippen MR) is 98.0 cm³/mol. The number of hydrogen-bond acceptors (Lipinski definition) is 5. The summed E-state index contributed by atoms with van der Waals surface area (Å²) in [6.07, 6.45) is 1.75. The van der Waals surface area contributed by atoms with Crippen molar-refractivity contribution in [3.8, 4) is 11.4 Å². The molecule has 0 aliphatic carbocycles. The number of aromatic nitrogens is 4. The fourth-order valence-corrected chi connectivity index (χ4v) is 2.56. The largest absolute Gasteiger partial charge is 0.340 e. The van der Waals surface area contributed by atoms with E-state index in [1.54, 1.807) is 29.9 Å². The number of benzene rings is 1. The van der Waals surface area contributed by atoms with Crippen molar-refractivity contribution in [1.82, 2.24) is 25.2 Å². The van der Waals surface area contributed by atoms with Gasteiger partial charge in [0.25, 0.3) is 5.91 Å². The van der Waals surface area contributed by atoms with Crippen LogP contribution in [-0.4, -0.2) is 25.8 Å². The summed E-state index contributed by atoms with van der Waals surface area (Å²) in [6.45, 7) is 7.62. The fraction of sp³-hybridized carbons (Fsp3) is 0.333. The molecule has 2 aromatic heterocycles. The van der Waals surface area contributed by atoms with E-state index in [0.29, 0.717) is 28.0 Å². The van der Waals surface area contributed by atoms with Crippen LogP contribution in [0.4, 0.5) is 0 Å². The molecule has 0 fully saturated rings. The van der Waals surface area contributed by atoms with Crippen molar-refractivity contribution in [1.29, 1.82) is 0 Å². The Morgan fingerprint density at radius 3 is 2.54 bits per heavy atom. The van der Waals surface area contributed by atoms with E-state index in [4.69, 9.17) is 16.1 Å². The van der Waals surface area contributed by atoms with Crippen LogP contribution in [0.2, 0.25) is 5.02 Å². The number of carbonyl (C=O) groups excluding carboxylic acids is 1. The van der Waals surface area contributed by atoms with Gasteiger partial charge >= 0.3 is 0 Å². The summed E-state index contributed by atoms with van der Waals surface area (Å²) < 4.78 is 7.06. The second kappa shape index (κ2) is 7.29. The maximum Gasteiger partial charge on any atom is 0.255 e. The van der Waals surface area contributed by atoms with E-state index < -0.39 is 6.04 Å². The molecule has 1 N–H and O–H groups in total. The molecule has 0 saturated heterocycles. The van der Waals surface area contributed by atoms with E-state index in [0.717, 1.165) is 5.56 Å². The van der Waals surface area contributed by atoms with Crippen molar-refractivity contribution in [2.45, 2.75) is 39.8 Å². The lowest BCUT2D eigenvalue weighted by Crippen LogP contribution is -2.27. The Bertz CT molecular complexity index is 914. The molecule has 1 atom stereocenters. The molecule has 0 unspecified atom stereocenters. The van der Waals surface area contributed by atoms with Gasteiger partial charge in [-0.05, 0) is 52.0 Å². The Morgan fingerprint density at radius 1 is 1.23 bits per heavy atom. The second-order valence-electron chi connectivity index (χ2n) is 6.36. The summed E-state index contributed by atoms with van der Waals surface area (Å²) in [6, 6.07) is 6.89. The van der Waals surface area contributed by atoms with Gasteiger partial charge in [-0.25, -0.2) is 0 Å². The lowest BCUT2D eigenvalue weighted by Gasteiger charge is -2.08. The summed E-state index contributed by atoms with van der Waals surface area (Å²) in [5.74, 6) is 0.548. The minimum Gasteiger partial charge on any atom is -0.340 e. The van der Waals surface area contributed by atoms with Crippen LogP contribution in [-0.2, 0) is 0 Å². The summed E-state index contributed by atoms with van der Waals surface area (Å²) in [5.41, 5.74) is 2.00. The van der Waals surface area contributed by atoms with E-state index in [1.165, 1.54) is 0 Å². The van der Waals surface area contributed by atoms with Gasteiger partial charge in [0, 0.05) is 22.8 Å². The number of hydrogen-bond donors (Lipinski definition) is 1. The minimum absolute atomic E-state index is 0.186. The normalized spacial score (nSPS) is 12.4. The Kier molecular flexibility index (Phi) is 5.08. The smallest absolute Gasteiger partial charge is 0.255 e. The lowest BCUT2D eigenvalue weighted by molar-refractivity contribution is 0.0932. The number of carbonyl (C=O) groups is 1. The molecule has 0 saturated carbocycles. The van der Waals surface area contributed by atoms with Gasteiger partial charge in [-0.3, -0.25) is 9.48 Å². The molecule has 0 spiro atoms. The minimum atomic E-state index is -0.433. The molecular weight excluding hydrogens is 354 g/mol. The first-order valence-electron chi connectivity index (χ1n) is 8.31. The van der Waals surface area contributed by atoms with Crippen LogP contribution >= 0.6 is 11.6 Å². The Hall–Kier alpha value is -2.67. The highest BCUT2D eigenvalue weighted by atomic mass is 35.5. The van der Waals surface area contributed by atoms with Crippen LogP contribution in [0.25, 0.3) is 11.4 Å². The molecular formula is C18H20ClN5O2. The molecule has 8 heteroatoms. The maximum absolute atomic E-state index is 12.5. The van der Waals surface area contributed by atoms with Crippen LogP contribution in [0.3, 0.4) is 0 Å². The van der Waals surface area contributed by atoms with E-state index in [2.05, 4.69) is 20.6 Å². The molecule has 0 radical (unpaired) electrons. The molecule has 1 amide bonds. The molecule has 0 aliphatic heterocycles. The highest BCUT2D eigenvalue weighted by molar-refractivity contribution is 6.30. The molecule has 136 valence electrons. The zero-order chi connectivity index (χ0) is 18.8. The van der Waals surface area contributed by atoms with Gasteiger partial charge in [0.2, 0.25) is 11.7 Å². The SMILES string of the molecule is Cc1nn(C(C)C)cc1C(=O)N[C@@H](C)c1nc(-c2ccc(Cl)cc2)no1. The molecule has 1 aromatic carbocycles. The van der Waals surface area contributed by atoms with E-state index >= 15 is 0 Å². The van der Waals surface area contributed by atoms with Gasteiger partial charge in [-0.1, -0.05) is 16.8 Å². The van der Waals surface area contributed by atoms with Gasteiger partial charge in [0.15, 0.2) is 0 Å². The first-order valence-corrected chi connectivity index (χ1v) is 8.69. The Morgan fingerprint density at radius 2 is 1.92 bits per heavy atom. The topological polar surface area (TPSA) is 85.8 Å². The van der Waals surface area contributed by atoms with Crippen molar-refractivity contribution in [3.63, 3.8) is 0 Å². The van der Waals surface area contributed by atoms with E-state index in [-0.39, 0.29) is 11.9 Å². The van der Waals surface area contributed by atoms with Gasteiger partial charge in [0.05, 0.1) is 11.3 Å². The molecule has 26 heavy (non-hydrogen) atoms. The van der Waals surface area contributed by atoms with Gasteiger partial charge in [-0.15, -0.1) is 0 Å².